The van der Waals surface area contributed by atoms with Crippen molar-refractivity contribution in [1.29, 1.82) is 0 Å². The molecule has 0 amide bonds. The predicted octanol–water partition coefficient (Wildman–Crippen LogP) is 4.30. The second-order valence-electron chi connectivity index (χ2n) is 8.60. The number of hydrogen-bond donors (Lipinski definition) is 0. The summed E-state index contributed by atoms with van der Waals surface area (Å²) in [5.74, 6) is 3.04. The van der Waals surface area contributed by atoms with Crippen LogP contribution in [0.3, 0.4) is 0 Å². The van der Waals surface area contributed by atoms with E-state index in [0.29, 0.717) is 11.7 Å². The molecule has 1 aromatic carbocycles. The molecule has 1 heterocycles. The highest BCUT2D eigenvalue weighted by Crippen LogP contribution is 2.60. The van der Waals surface area contributed by atoms with Crippen molar-refractivity contribution in [3.8, 4) is 11.4 Å². The lowest BCUT2D eigenvalue weighted by Gasteiger charge is -2.55. The molecule has 0 radical (unpaired) electrons. The van der Waals surface area contributed by atoms with Crippen molar-refractivity contribution in [3.63, 3.8) is 0 Å². The zero-order chi connectivity index (χ0) is 17.7. The Morgan fingerprint density at radius 2 is 1.81 bits per heavy atom. The van der Waals surface area contributed by atoms with E-state index in [1.165, 1.54) is 19.3 Å². The van der Waals surface area contributed by atoms with Gasteiger partial charge in [-0.05, 0) is 68.8 Å². The summed E-state index contributed by atoms with van der Waals surface area (Å²) in [5.41, 5.74) is 1.79. The molecule has 5 heteroatoms. The molecular formula is C21H24N2O3. The lowest BCUT2D eigenvalue weighted by Crippen LogP contribution is -2.50. The summed E-state index contributed by atoms with van der Waals surface area (Å²) in [5, 5.41) is 4.04. The van der Waals surface area contributed by atoms with Crippen LogP contribution in [-0.4, -0.2) is 16.1 Å². The summed E-state index contributed by atoms with van der Waals surface area (Å²) in [7, 11) is 0. The normalized spacial score (nSPS) is 32.0. The fraction of sp³-hybridized carbons (Fsp3) is 0.571. The van der Waals surface area contributed by atoms with Gasteiger partial charge < -0.3 is 9.26 Å². The number of carbonyl (C=O) groups excluding carboxylic acids is 1. The predicted molar refractivity (Wildman–Crippen MR) is 94.9 cm³/mol. The Kier molecular flexibility index (Phi) is 3.66. The third-order valence-electron chi connectivity index (χ3n) is 6.65. The van der Waals surface area contributed by atoms with E-state index in [1.54, 1.807) is 0 Å². The van der Waals surface area contributed by atoms with Crippen LogP contribution in [0.4, 0.5) is 0 Å². The van der Waals surface area contributed by atoms with Crippen LogP contribution >= 0.6 is 0 Å². The number of rotatable bonds is 4. The lowest BCUT2D eigenvalue weighted by atomic mass is 9.49. The van der Waals surface area contributed by atoms with E-state index in [2.05, 4.69) is 10.1 Å². The Hall–Kier alpha value is -2.17. The Morgan fingerprint density at radius 1 is 1.15 bits per heavy atom. The van der Waals surface area contributed by atoms with E-state index in [0.717, 1.165) is 48.1 Å². The number of aryl methyl sites for hydroxylation is 1. The second kappa shape index (κ2) is 5.93. The molecule has 2 aromatic rings. The first-order valence-corrected chi connectivity index (χ1v) is 9.67. The van der Waals surface area contributed by atoms with Crippen molar-refractivity contribution in [1.82, 2.24) is 10.1 Å². The molecule has 1 aromatic heterocycles. The molecule has 0 atom stereocenters. The Labute approximate surface area is 153 Å². The minimum absolute atomic E-state index is 0.0489. The van der Waals surface area contributed by atoms with Crippen molar-refractivity contribution >= 4 is 5.97 Å². The van der Waals surface area contributed by atoms with Crippen molar-refractivity contribution in [2.75, 3.05) is 0 Å². The summed E-state index contributed by atoms with van der Waals surface area (Å²) < 4.78 is 11.0. The lowest BCUT2D eigenvalue weighted by molar-refractivity contribution is -0.173. The van der Waals surface area contributed by atoms with E-state index >= 15 is 0 Å². The smallest absolute Gasteiger partial charge is 0.312 e. The van der Waals surface area contributed by atoms with Crippen LogP contribution in [0.5, 0.6) is 0 Å². The van der Waals surface area contributed by atoms with Crippen molar-refractivity contribution < 1.29 is 14.1 Å². The van der Waals surface area contributed by atoms with E-state index < -0.39 is 0 Å². The van der Waals surface area contributed by atoms with Gasteiger partial charge in [0, 0.05) is 5.56 Å². The summed E-state index contributed by atoms with van der Waals surface area (Å²) in [4.78, 5) is 17.3. The van der Waals surface area contributed by atoms with Gasteiger partial charge in [-0.1, -0.05) is 29.4 Å². The zero-order valence-electron chi connectivity index (χ0n) is 15.1. The van der Waals surface area contributed by atoms with Crippen LogP contribution < -0.4 is 0 Å². The summed E-state index contributed by atoms with van der Waals surface area (Å²) in [6.07, 6.45) is 6.98. The molecule has 4 aliphatic rings. The molecule has 0 saturated heterocycles. The third kappa shape index (κ3) is 2.65. The monoisotopic (exact) mass is 352 g/mol. The summed E-state index contributed by atoms with van der Waals surface area (Å²) in [6.45, 7) is 2.08. The standard InChI is InChI=1S/C21H24N2O3/c1-13-4-2-3-5-17(13)19-22-18(26-23-19)12-25-20(24)21-9-14-6-15(10-21)8-16(7-14)11-21/h2-5,14-16H,6-12H2,1H3. The molecule has 4 saturated carbocycles. The van der Waals surface area contributed by atoms with E-state index in [9.17, 15) is 4.79 Å². The summed E-state index contributed by atoms with van der Waals surface area (Å²) in [6, 6.07) is 7.91. The molecular weight excluding hydrogens is 328 g/mol. The number of nitrogens with zero attached hydrogens (tertiary/aromatic N) is 2. The Morgan fingerprint density at radius 3 is 2.46 bits per heavy atom. The SMILES string of the molecule is Cc1ccccc1-c1noc(COC(=O)C23CC4CC(CC(C4)C2)C3)n1. The Bertz CT molecular complexity index is 806. The van der Waals surface area contributed by atoms with Gasteiger partial charge in [0.25, 0.3) is 5.89 Å². The molecule has 0 N–H and O–H groups in total. The van der Waals surface area contributed by atoms with Crippen LogP contribution in [0.15, 0.2) is 28.8 Å². The third-order valence-corrected chi connectivity index (χ3v) is 6.65. The number of ether oxygens (including phenoxy) is 1. The highest BCUT2D eigenvalue weighted by molar-refractivity contribution is 5.77. The average Bonchev–Trinajstić information content (AvgIpc) is 3.07. The zero-order valence-corrected chi connectivity index (χ0v) is 15.1. The van der Waals surface area contributed by atoms with Gasteiger partial charge in [0.15, 0.2) is 6.61 Å². The Balaban J connectivity index is 1.27. The van der Waals surface area contributed by atoms with Crippen LogP contribution in [0.1, 0.15) is 50.0 Å². The molecule has 4 fully saturated rings. The molecule has 0 unspecified atom stereocenters. The molecule has 0 spiro atoms. The molecule has 26 heavy (non-hydrogen) atoms. The van der Waals surface area contributed by atoms with Crippen LogP contribution in [0, 0.1) is 30.1 Å². The van der Waals surface area contributed by atoms with Gasteiger partial charge in [-0.2, -0.15) is 4.98 Å². The minimum atomic E-state index is -0.242. The quantitative estimate of drug-likeness (QED) is 0.767. The van der Waals surface area contributed by atoms with Gasteiger partial charge in [0.2, 0.25) is 5.82 Å². The number of aromatic nitrogens is 2. The first-order chi connectivity index (χ1) is 12.6. The molecule has 4 bridgehead atoms. The van der Waals surface area contributed by atoms with Crippen LogP contribution in [-0.2, 0) is 16.1 Å². The van der Waals surface area contributed by atoms with Gasteiger partial charge in [0.1, 0.15) is 0 Å². The van der Waals surface area contributed by atoms with Gasteiger partial charge >= 0.3 is 5.97 Å². The topological polar surface area (TPSA) is 65.2 Å². The van der Waals surface area contributed by atoms with Crippen LogP contribution in [0.25, 0.3) is 11.4 Å². The maximum atomic E-state index is 12.9. The second-order valence-corrected chi connectivity index (χ2v) is 8.60. The fourth-order valence-electron chi connectivity index (χ4n) is 5.89. The summed E-state index contributed by atoms with van der Waals surface area (Å²) >= 11 is 0. The average molecular weight is 352 g/mol. The van der Waals surface area contributed by atoms with E-state index in [4.69, 9.17) is 9.26 Å². The molecule has 136 valence electrons. The number of carbonyl (C=O) groups is 1. The maximum Gasteiger partial charge on any atom is 0.312 e. The minimum Gasteiger partial charge on any atom is -0.455 e. The first-order valence-electron chi connectivity index (χ1n) is 9.67. The van der Waals surface area contributed by atoms with Gasteiger partial charge in [0.05, 0.1) is 5.41 Å². The highest BCUT2D eigenvalue weighted by Gasteiger charge is 2.55. The van der Waals surface area contributed by atoms with Crippen LogP contribution in [0.2, 0.25) is 0 Å². The van der Waals surface area contributed by atoms with Gasteiger partial charge in [-0.3, -0.25) is 4.79 Å². The maximum absolute atomic E-state index is 12.9. The van der Waals surface area contributed by atoms with E-state index in [-0.39, 0.29) is 18.0 Å². The van der Waals surface area contributed by atoms with Gasteiger partial charge in [-0.25, -0.2) is 0 Å². The number of hydrogen-bond acceptors (Lipinski definition) is 5. The molecule has 4 aliphatic carbocycles. The van der Waals surface area contributed by atoms with Crippen molar-refractivity contribution in [2.24, 2.45) is 23.2 Å². The van der Waals surface area contributed by atoms with Crippen molar-refractivity contribution in [2.45, 2.75) is 52.1 Å². The van der Waals surface area contributed by atoms with E-state index in [1.807, 2.05) is 31.2 Å². The number of esters is 1. The van der Waals surface area contributed by atoms with Gasteiger partial charge in [-0.15, -0.1) is 0 Å². The number of benzene rings is 1. The molecule has 5 nitrogen and oxygen atoms in total. The molecule has 0 aliphatic heterocycles. The highest BCUT2D eigenvalue weighted by atomic mass is 16.6. The first kappa shape index (κ1) is 16.0. The van der Waals surface area contributed by atoms with Crippen molar-refractivity contribution in [3.05, 3.63) is 35.7 Å². The molecule has 6 rings (SSSR count). The largest absolute Gasteiger partial charge is 0.455 e. The fourth-order valence-corrected chi connectivity index (χ4v) is 5.89.